The Balaban J connectivity index is 2.98. The summed E-state index contributed by atoms with van der Waals surface area (Å²) in [5, 5.41) is 9.96. The SMILES string of the molecule is CCCC1(O)C=C(Br)C(=O)C(Br)=C1. The normalized spacial score (nSPS) is 21.1. The lowest BCUT2D eigenvalue weighted by atomic mass is 9.93. The minimum atomic E-state index is -0.986. The summed E-state index contributed by atoms with van der Waals surface area (Å²) in [7, 11) is 0. The van der Waals surface area contributed by atoms with E-state index in [0.717, 1.165) is 6.42 Å². The van der Waals surface area contributed by atoms with E-state index in [4.69, 9.17) is 0 Å². The van der Waals surface area contributed by atoms with Crippen molar-refractivity contribution in [3.05, 3.63) is 21.1 Å². The number of ketones is 1. The lowest BCUT2D eigenvalue weighted by molar-refractivity contribution is -0.111. The molecule has 2 nitrogen and oxygen atoms in total. The van der Waals surface area contributed by atoms with Crippen molar-refractivity contribution in [3.63, 3.8) is 0 Å². The lowest BCUT2D eigenvalue weighted by Crippen LogP contribution is -2.27. The van der Waals surface area contributed by atoms with Crippen LogP contribution in [0.1, 0.15) is 19.8 Å². The molecule has 0 bridgehead atoms. The van der Waals surface area contributed by atoms with Crippen molar-refractivity contribution in [2.24, 2.45) is 0 Å². The molecule has 0 radical (unpaired) electrons. The monoisotopic (exact) mass is 308 g/mol. The molecule has 0 aliphatic heterocycles. The number of carbonyl (C=O) groups is 1. The summed E-state index contributed by atoms with van der Waals surface area (Å²) in [5.74, 6) is -0.124. The van der Waals surface area contributed by atoms with Crippen molar-refractivity contribution < 1.29 is 9.90 Å². The fourth-order valence-corrected chi connectivity index (χ4v) is 2.76. The minimum Gasteiger partial charge on any atom is -0.382 e. The maximum Gasteiger partial charge on any atom is 0.206 e. The molecule has 0 atom stereocenters. The zero-order valence-electron chi connectivity index (χ0n) is 7.18. The Morgan fingerprint density at radius 1 is 1.38 bits per heavy atom. The van der Waals surface area contributed by atoms with Crippen LogP contribution in [0.25, 0.3) is 0 Å². The van der Waals surface area contributed by atoms with Crippen LogP contribution < -0.4 is 0 Å². The third kappa shape index (κ3) is 2.51. The van der Waals surface area contributed by atoms with Gasteiger partial charge in [-0.05, 0) is 50.4 Å². The second kappa shape index (κ2) is 4.07. The summed E-state index contributed by atoms with van der Waals surface area (Å²) >= 11 is 6.24. The van der Waals surface area contributed by atoms with Crippen LogP contribution >= 0.6 is 31.9 Å². The molecule has 0 aromatic heterocycles. The van der Waals surface area contributed by atoms with Crippen LogP contribution in [0.15, 0.2) is 21.1 Å². The van der Waals surface area contributed by atoms with E-state index in [1.54, 1.807) is 12.2 Å². The summed E-state index contributed by atoms with van der Waals surface area (Å²) in [6, 6.07) is 0. The smallest absolute Gasteiger partial charge is 0.206 e. The first-order valence-corrected chi connectivity index (χ1v) is 5.61. The van der Waals surface area contributed by atoms with Gasteiger partial charge in [-0.15, -0.1) is 0 Å². The summed E-state index contributed by atoms with van der Waals surface area (Å²) in [6.45, 7) is 1.98. The Morgan fingerprint density at radius 3 is 2.23 bits per heavy atom. The van der Waals surface area contributed by atoms with Crippen LogP contribution in [-0.4, -0.2) is 16.5 Å². The van der Waals surface area contributed by atoms with E-state index in [0.29, 0.717) is 15.4 Å². The molecule has 72 valence electrons. The van der Waals surface area contributed by atoms with Gasteiger partial charge in [0, 0.05) is 0 Å². The average Bonchev–Trinajstić information content (AvgIpc) is 2.00. The van der Waals surface area contributed by atoms with Crippen molar-refractivity contribution >= 4 is 37.6 Å². The van der Waals surface area contributed by atoms with E-state index < -0.39 is 5.60 Å². The Labute approximate surface area is 94.0 Å². The Hall–Kier alpha value is 0.0700. The standard InChI is InChI=1S/C9H10Br2O2/c1-2-3-9(13)4-6(10)8(12)7(11)5-9/h4-5,13H,2-3H2,1H3. The van der Waals surface area contributed by atoms with Gasteiger partial charge < -0.3 is 5.11 Å². The fourth-order valence-electron chi connectivity index (χ4n) is 1.27. The van der Waals surface area contributed by atoms with Crippen LogP contribution in [0.3, 0.4) is 0 Å². The van der Waals surface area contributed by atoms with E-state index >= 15 is 0 Å². The van der Waals surface area contributed by atoms with Gasteiger partial charge in [-0.3, -0.25) is 4.79 Å². The molecular formula is C9H10Br2O2. The number of hydrogen-bond donors (Lipinski definition) is 1. The van der Waals surface area contributed by atoms with E-state index in [1.807, 2.05) is 6.92 Å². The summed E-state index contributed by atoms with van der Waals surface area (Å²) in [4.78, 5) is 11.3. The van der Waals surface area contributed by atoms with E-state index in [1.165, 1.54) is 0 Å². The van der Waals surface area contributed by atoms with Crippen LogP contribution in [-0.2, 0) is 4.79 Å². The first kappa shape index (κ1) is 11.1. The highest BCUT2D eigenvalue weighted by Crippen LogP contribution is 2.31. The van der Waals surface area contributed by atoms with Crippen LogP contribution in [0, 0.1) is 0 Å². The molecule has 0 aromatic rings. The predicted molar refractivity (Wildman–Crippen MR) is 58.9 cm³/mol. The van der Waals surface area contributed by atoms with Crippen molar-refractivity contribution in [2.45, 2.75) is 25.4 Å². The van der Waals surface area contributed by atoms with Gasteiger partial charge in [0.25, 0.3) is 0 Å². The Bertz CT molecular complexity index is 270. The summed E-state index contributed by atoms with van der Waals surface area (Å²) in [5.41, 5.74) is -0.986. The van der Waals surface area contributed by atoms with Gasteiger partial charge in [0.2, 0.25) is 5.78 Å². The average molecular weight is 310 g/mol. The zero-order chi connectivity index (χ0) is 10.1. The van der Waals surface area contributed by atoms with Gasteiger partial charge >= 0.3 is 0 Å². The molecule has 0 saturated carbocycles. The lowest BCUT2D eigenvalue weighted by Gasteiger charge is -2.24. The highest BCUT2D eigenvalue weighted by atomic mass is 79.9. The number of aliphatic hydroxyl groups is 1. The molecular weight excluding hydrogens is 300 g/mol. The minimum absolute atomic E-state index is 0.124. The molecule has 0 aromatic carbocycles. The number of halogens is 2. The van der Waals surface area contributed by atoms with Crippen molar-refractivity contribution in [2.75, 3.05) is 0 Å². The molecule has 0 amide bonds. The van der Waals surface area contributed by atoms with Crippen molar-refractivity contribution in [3.8, 4) is 0 Å². The van der Waals surface area contributed by atoms with Crippen LogP contribution in [0.2, 0.25) is 0 Å². The van der Waals surface area contributed by atoms with E-state index in [-0.39, 0.29) is 5.78 Å². The largest absolute Gasteiger partial charge is 0.382 e. The molecule has 1 rings (SSSR count). The second-order valence-electron chi connectivity index (χ2n) is 3.05. The first-order valence-electron chi connectivity index (χ1n) is 4.02. The quantitative estimate of drug-likeness (QED) is 0.851. The topological polar surface area (TPSA) is 37.3 Å². The van der Waals surface area contributed by atoms with Gasteiger partial charge in [-0.1, -0.05) is 13.3 Å². The van der Waals surface area contributed by atoms with Crippen molar-refractivity contribution in [1.29, 1.82) is 0 Å². The number of allylic oxidation sites excluding steroid dienone is 2. The highest BCUT2D eigenvalue weighted by Gasteiger charge is 2.29. The third-order valence-corrected chi connectivity index (χ3v) is 3.02. The Kier molecular flexibility index (Phi) is 3.49. The fraction of sp³-hybridized carbons (Fsp3) is 0.444. The second-order valence-corrected chi connectivity index (χ2v) is 4.76. The molecule has 0 heterocycles. The van der Waals surface area contributed by atoms with Crippen LogP contribution in [0.4, 0.5) is 0 Å². The zero-order valence-corrected chi connectivity index (χ0v) is 10.4. The first-order chi connectivity index (χ1) is 5.98. The van der Waals surface area contributed by atoms with E-state index in [2.05, 4.69) is 31.9 Å². The molecule has 13 heavy (non-hydrogen) atoms. The highest BCUT2D eigenvalue weighted by molar-refractivity contribution is 9.13. The maximum atomic E-state index is 11.3. The molecule has 0 spiro atoms. The van der Waals surface area contributed by atoms with Gasteiger partial charge in [0.1, 0.15) is 5.60 Å². The molecule has 0 unspecified atom stereocenters. The molecule has 0 fully saturated rings. The van der Waals surface area contributed by atoms with Crippen LogP contribution in [0.5, 0.6) is 0 Å². The number of rotatable bonds is 2. The molecule has 1 aliphatic rings. The number of hydrogen-bond acceptors (Lipinski definition) is 2. The summed E-state index contributed by atoms with van der Waals surface area (Å²) in [6.07, 6.45) is 4.57. The molecule has 0 saturated heterocycles. The molecule has 4 heteroatoms. The van der Waals surface area contributed by atoms with E-state index in [9.17, 15) is 9.90 Å². The van der Waals surface area contributed by atoms with Crippen molar-refractivity contribution in [1.82, 2.24) is 0 Å². The Morgan fingerprint density at radius 2 is 1.85 bits per heavy atom. The third-order valence-electron chi connectivity index (χ3n) is 1.84. The number of carbonyl (C=O) groups excluding carboxylic acids is 1. The molecule has 1 aliphatic carbocycles. The van der Waals surface area contributed by atoms with Gasteiger partial charge in [-0.2, -0.15) is 0 Å². The molecule has 1 N–H and O–H groups in total. The number of Topliss-reactive ketones (excluding diaryl/α,β-unsaturated/α-hetero) is 1. The summed E-state index contributed by atoms with van der Waals surface area (Å²) < 4.78 is 0.829. The predicted octanol–water partition coefficient (Wildman–Crippen LogP) is 2.66. The maximum absolute atomic E-state index is 11.3. The van der Waals surface area contributed by atoms with Gasteiger partial charge in [0.15, 0.2) is 0 Å². The van der Waals surface area contributed by atoms with Gasteiger partial charge in [0.05, 0.1) is 8.96 Å². The van der Waals surface area contributed by atoms with Gasteiger partial charge in [-0.25, -0.2) is 0 Å².